The van der Waals surface area contributed by atoms with Crippen LogP contribution in [0.25, 0.3) is 0 Å². The van der Waals surface area contributed by atoms with Crippen molar-refractivity contribution in [1.82, 2.24) is 15.1 Å². The van der Waals surface area contributed by atoms with Gasteiger partial charge in [-0.15, -0.1) is 0 Å². The van der Waals surface area contributed by atoms with Crippen molar-refractivity contribution in [2.45, 2.75) is 13.0 Å². The summed E-state index contributed by atoms with van der Waals surface area (Å²) in [6.07, 6.45) is 4.00. The molecule has 0 radical (unpaired) electrons. The zero-order valence-electron chi connectivity index (χ0n) is 10.1. The molecule has 19 heavy (non-hydrogen) atoms. The van der Waals surface area contributed by atoms with E-state index in [2.05, 4.69) is 10.4 Å². The van der Waals surface area contributed by atoms with E-state index in [9.17, 15) is 9.18 Å². The second-order valence-electron chi connectivity index (χ2n) is 4.04. The molecule has 0 saturated carbocycles. The lowest BCUT2D eigenvalue weighted by Crippen LogP contribution is -2.25. The van der Waals surface area contributed by atoms with E-state index in [4.69, 9.17) is 11.6 Å². The van der Waals surface area contributed by atoms with Gasteiger partial charge in [0.05, 0.1) is 11.2 Å². The molecule has 100 valence electrons. The molecular formula is C13H13ClFN3O. The predicted octanol–water partition coefficient (Wildman–Crippen LogP) is 2.50. The molecule has 6 heteroatoms. The third-order valence-electron chi connectivity index (χ3n) is 2.54. The highest BCUT2D eigenvalue weighted by atomic mass is 35.5. The first-order valence-corrected chi connectivity index (χ1v) is 6.24. The molecule has 1 aromatic heterocycles. The van der Waals surface area contributed by atoms with E-state index in [0.717, 1.165) is 6.42 Å². The van der Waals surface area contributed by atoms with Gasteiger partial charge in [-0.25, -0.2) is 4.39 Å². The molecule has 0 unspecified atom stereocenters. The van der Waals surface area contributed by atoms with Crippen molar-refractivity contribution in [3.05, 3.63) is 53.1 Å². The van der Waals surface area contributed by atoms with E-state index < -0.39 is 5.82 Å². The van der Waals surface area contributed by atoms with E-state index in [1.165, 1.54) is 18.2 Å². The number of halogens is 2. The molecule has 0 saturated heterocycles. The molecule has 1 aromatic carbocycles. The topological polar surface area (TPSA) is 46.9 Å². The van der Waals surface area contributed by atoms with Crippen LogP contribution >= 0.6 is 11.6 Å². The van der Waals surface area contributed by atoms with E-state index >= 15 is 0 Å². The largest absolute Gasteiger partial charge is 0.352 e. The number of amides is 1. The van der Waals surface area contributed by atoms with Gasteiger partial charge < -0.3 is 5.32 Å². The van der Waals surface area contributed by atoms with Gasteiger partial charge >= 0.3 is 0 Å². The van der Waals surface area contributed by atoms with Crippen LogP contribution in [-0.4, -0.2) is 22.2 Å². The van der Waals surface area contributed by atoms with Gasteiger partial charge in [0, 0.05) is 24.8 Å². The molecule has 0 aliphatic rings. The molecule has 1 amide bonds. The summed E-state index contributed by atoms with van der Waals surface area (Å²) in [5.41, 5.74) is 0.321. The highest BCUT2D eigenvalue weighted by Crippen LogP contribution is 2.05. The maximum Gasteiger partial charge on any atom is 0.251 e. The van der Waals surface area contributed by atoms with Gasteiger partial charge in [0.25, 0.3) is 5.91 Å². The normalized spacial score (nSPS) is 10.4. The maximum absolute atomic E-state index is 12.9. The minimum atomic E-state index is -0.418. The Kier molecular flexibility index (Phi) is 4.52. The van der Waals surface area contributed by atoms with Crippen LogP contribution in [0.5, 0.6) is 0 Å². The number of carbonyl (C=O) groups is 1. The summed E-state index contributed by atoms with van der Waals surface area (Å²) >= 11 is 5.73. The molecule has 0 aliphatic carbocycles. The number of aryl methyl sites for hydroxylation is 1. The highest BCUT2D eigenvalue weighted by Gasteiger charge is 2.05. The van der Waals surface area contributed by atoms with Gasteiger partial charge in [0.1, 0.15) is 5.82 Å². The van der Waals surface area contributed by atoms with Crippen LogP contribution in [0.15, 0.2) is 36.7 Å². The van der Waals surface area contributed by atoms with Crippen molar-refractivity contribution in [3.63, 3.8) is 0 Å². The summed E-state index contributed by atoms with van der Waals surface area (Å²) in [4.78, 5) is 11.7. The lowest BCUT2D eigenvalue weighted by molar-refractivity contribution is 0.0952. The first-order chi connectivity index (χ1) is 9.15. The number of aromatic nitrogens is 2. The van der Waals surface area contributed by atoms with Gasteiger partial charge in [-0.2, -0.15) is 5.10 Å². The van der Waals surface area contributed by atoms with Crippen molar-refractivity contribution >= 4 is 17.5 Å². The Morgan fingerprint density at radius 3 is 3.00 bits per heavy atom. The van der Waals surface area contributed by atoms with Gasteiger partial charge in [0.15, 0.2) is 0 Å². The zero-order chi connectivity index (χ0) is 13.7. The van der Waals surface area contributed by atoms with E-state index in [-0.39, 0.29) is 5.91 Å². The smallest absolute Gasteiger partial charge is 0.251 e. The quantitative estimate of drug-likeness (QED) is 0.856. The Balaban J connectivity index is 1.75. The Morgan fingerprint density at radius 1 is 1.47 bits per heavy atom. The van der Waals surface area contributed by atoms with Crippen LogP contribution in [0.4, 0.5) is 4.39 Å². The molecule has 0 spiro atoms. The molecule has 1 heterocycles. The van der Waals surface area contributed by atoms with Crippen molar-refractivity contribution in [1.29, 1.82) is 0 Å². The third kappa shape index (κ3) is 4.06. The van der Waals surface area contributed by atoms with E-state index in [1.807, 2.05) is 0 Å². The Labute approximate surface area is 115 Å². The Hall–Kier alpha value is -1.88. The fraction of sp³-hybridized carbons (Fsp3) is 0.231. The minimum absolute atomic E-state index is 0.280. The highest BCUT2D eigenvalue weighted by molar-refractivity contribution is 6.30. The zero-order valence-corrected chi connectivity index (χ0v) is 10.9. The number of benzene rings is 1. The van der Waals surface area contributed by atoms with Gasteiger partial charge in [-0.3, -0.25) is 9.48 Å². The van der Waals surface area contributed by atoms with Crippen LogP contribution in [0, 0.1) is 5.82 Å². The summed E-state index contributed by atoms with van der Waals surface area (Å²) in [7, 11) is 0. The number of hydrogen-bond acceptors (Lipinski definition) is 2. The van der Waals surface area contributed by atoms with Gasteiger partial charge in [-0.05, 0) is 24.6 Å². The third-order valence-corrected chi connectivity index (χ3v) is 2.73. The summed E-state index contributed by atoms with van der Waals surface area (Å²) in [6.45, 7) is 1.16. The first-order valence-electron chi connectivity index (χ1n) is 5.87. The minimum Gasteiger partial charge on any atom is -0.352 e. The van der Waals surface area contributed by atoms with Crippen molar-refractivity contribution < 1.29 is 9.18 Å². The van der Waals surface area contributed by atoms with Crippen LogP contribution in [-0.2, 0) is 6.54 Å². The molecule has 0 aliphatic heterocycles. The molecular weight excluding hydrogens is 269 g/mol. The molecule has 2 aromatic rings. The van der Waals surface area contributed by atoms with Crippen molar-refractivity contribution in [2.24, 2.45) is 0 Å². The number of carbonyl (C=O) groups excluding carboxylic acids is 1. The standard InChI is InChI=1S/C13H13ClFN3O/c14-11-8-17-18(9-11)6-2-5-16-13(19)10-3-1-4-12(15)7-10/h1,3-4,7-9H,2,5-6H2,(H,16,19). The molecule has 4 nitrogen and oxygen atoms in total. The summed E-state index contributed by atoms with van der Waals surface area (Å²) in [5, 5.41) is 7.33. The van der Waals surface area contributed by atoms with Crippen molar-refractivity contribution in [2.75, 3.05) is 6.54 Å². The summed E-state index contributed by atoms with van der Waals surface area (Å²) in [5.74, 6) is -0.697. The lowest BCUT2D eigenvalue weighted by atomic mass is 10.2. The van der Waals surface area contributed by atoms with Crippen LogP contribution in [0.3, 0.4) is 0 Å². The number of rotatable bonds is 5. The number of nitrogens with zero attached hydrogens (tertiary/aromatic N) is 2. The average Bonchev–Trinajstić information content (AvgIpc) is 2.80. The molecule has 0 fully saturated rings. The van der Waals surface area contributed by atoms with E-state index in [1.54, 1.807) is 23.1 Å². The second-order valence-corrected chi connectivity index (χ2v) is 4.48. The summed E-state index contributed by atoms with van der Waals surface area (Å²) in [6, 6.07) is 5.60. The number of hydrogen-bond donors (Lipinski definition) is 1. The van der Waals surface area contributed by atoms with Crippen molar-refractivity contribution in [3.8, 4) is 0 Å². The predicted molar refractivity (Wildman–Crippen MR) is 70.6 cm³/mol. The Bertz CT molecular complexity index is 571. The maximum atomic E-state index is 12.9. The fourth-order valence-corrected chi connectivity index (χ4v) is 1.79. The molecule has 1 N–H and O–H groups in total. The molecule has 0 atom stereocenters. The first kappa shape index (κ1) is 13.5. The monoisotopic (exact) mass is 281 g/mol. The van der Waals surface area contributed by atoms with E-state index in [0.29, 0.717) is 23.7 Å². The molecule has 0 bridgehead atoms. The summed E-state index contributed by atoms with van der Waals surface area (Å²) < 4.78 is 14.6. The Morgan fingerprint density at radius 2 is 2.32 bits per heavy atom. The SMILES string of the molecule is O=C(NCCCn1cc(Cl)cn1)c1cccc(F)c1. The van der Waals surface area contributed by atoms with Crippen LogP contribution < -0.4 is 5.32 Å². The van der Waals surface area contributed by atoms with Gasteiger partial charge in [-0.1, -0.05) is 17.7 Å². The number of nitrogens with one attached hydrogen (secondary N) is 1. The average molecular weight is 282 g/mol. The second kappa shape index (κ2) is 6.33. The van der Waals surface area contributed by atoms with Crippen LogP contribution in [0.2, 0.25) is 5.02 Å². The van der Waals surface area contributed by atoms with Crippen LogP contribution in [0.1, 0.15) is 16.8 Å². The molecule has 2 rings (SSSR count). The lowest BCUT2D eigenvalue weighted by Gasteiger charge is -2.05. The fourth-order valence-electron chi connectivity index (χ4n) is 1.64. The van der Waals surface area contributed by atoms with Gasteiger partial charge in [0.2, 0.25) is 0 Å².